The summed E-state index contributed by atoms with van der Waals surface area (Å²) in [5, 5.41) is 3.97. The normalized spacial score (nSPS) is 17.7. The number of carbonyl (C=O) groups is 2. The topological polar surface area (TPSA) is 71.3 Å². The van der Waals surface area contributed by atoms with E-state index in [1.165, 1.54) is 12.7 Å². The maximum absolute atomic E-state index is 12.2. The SMILES string of the molecule is CC(=O)N1CCN(C(=O)[C@@H](C)n2cncn2)CC1. The average Bonchev–Trinajstić information content (AvgIpc) is 2.91. The lowest BCUT2D eigenvalue weighted by Gasteiger charge is -2.35. The van der Waals surface area contributed by atoms with Crippen LogP contribution in [0.15, 0.2) is 12.7 Å². The van der Waals surface area contributed by atoms with Crippen molar-refractivity contribution in [2.24, 2.45) is 0 Å². The molecule has 98 valence electrons. The Balaban J connectivity index is 1.93. The number of piperazine rings is 1. The standard InChI is InChI=1S/C11H17N5O2/c1-9(16-8-12-7-13-16)11(18)15-5-3-14(4-6-15)10(2)17/h7-9H,3-6H2,1-2H3/t9-/m1/s1. The summed E-state index contributed by atoms with van der Waals surface area (Å²) < 4.78 is 1.54. The fraction of sp³-hybridized carbons (Fsp3) is 0.636. The highest BCUT2D eigenvalue weighted by atomic mass is 16.2. The van der Waals surface area contributed by atoms with E-state index in [4.69, 9.17) is 0 Å². The summed E-state index contributed by atoms with van der Waals surface area (Å²) in [7, 11) is 0. The van der Waals surface area contributed by atoms with E-state index in [2.05, 4.69) is 10.1 Å². The van der Waals surface area contributed by atoms with Crippen LogP contribution in [0.25, 0.3) is 0 Å². The number of amides is 2. The molecule has 1 fully saturated rings. The Labute approximate surface area is 105 Å². The Morgan fingerprint density at radius 3 is 2.28 bits per heavy atom. The molecule has 0 aromatic carbocycles. The quantitative estimate of drug-likeness (QED) is 0.712. The van der Waals surface area contributed by atoms with Gasteiger partial charge in [-0.15, -0.1) is 0 Å². The van der Waals surface area contributed by atoms with Gasteiger partial charge in [-0.3, -0.25) is 9.59 Å². The summed E-state index contributed by atoms with van der Waals surface area (Å²) in [4.78, 5) is 30.8. The lowest BCUT2D eigenvalue weighted by molar-refractivity contribution is -0.140. The van der Waals surface area contributed by atoms with E-state index in [1.54, 1.807) is 28.3 Å². The average molecular weight is 251 g/mol. The predicted octanol–water partition coefficient (Wildman–Crippen LogP) is -0.470. The Bertz CT molecular complexity index is 423. The summed E-state index contributed by atoms with van der Waals surface area (Å²) in [5.41, 5.74) is 0. The van der Waals surface area contributed by atoms with Gasteiger partial charge in [0.1, 0.15) is 18.7 Å². The van der Waals surface area contributed by atoms with Gasteiger partial charge in [0.15, 0.2) is 0 Å². The molecule has 1 atom stereocenters. The zero-order valence-corrected chi connectivity index (χ0v) is 10.6. The van der Waals surface area contributed by atoms with Gasteiger partial charge in [-0.2, -0.15) is 5.10 Å². The molecule has 0 radical (unpaired) electrons. The molecule has 18 heavy (non-hydrogen) atoms. The smallest absolute Gasteiger partial charge is 0.247 e. The van der Waals surface area contributed by atoms with Crippen LogP contribution in [-0.4, -0.2) is 62.6 Å². The Morgan fingerprint density at radius 2 is 1.78 bits per heavy atom. The lowest BCUT2D eigenvalue weighted by Crippen LogP contribution is -2.51. The number of carbonyl (C=O) groups excluding carboxylic acids is 2. The third-order valence-corrected chi connectivity index (χ3v) is 3.23. The molecule has 7 heteroatoms. The van der Waals surface area contributed by atoms with Crippen LogP contribution in [0, 0.1) is 0 Å². The van der Waals surface area contributed by atoms with Gasteiger partial charge >= 0.3 is 0 Å². The van der Waals surface area contributed by atoms with E-state index in [-0.39, 0.29) is 17.9 Å². The molecule has 0 unspecified atom stereocenters. The molecule has 0 saturated carbocycles. The molecule has 0 N–H and O–H groups in total. The van der Waals surface area contributed by atoms with Crippen LogP contribution in [-0.2, 0) is 9.59 Å². The summed E-state index contributed by atoms with van der Waals surface area (Å²) >= 11 is 0. The van der Waals surface area contributed by atoms with Crippen molar-refractivity contribution in [3.63, 3.8) is 0 Å². The third-order valence-electron chi connectivity index (χ3n) is 3.23. The molecule has 1 aromatic heterocycles. The zero-order chi connectivity index (χ0) is 13.1. The van der Waals surface area contributed by atoms with E-state index in [0.29, 0.717) is 26.2 Å². The number of rotatable bonds is 2. The van der Waals surface area contributed by atoms with E-state index >= 15 is 0 Å². The molecule has 7 nitrogen and oxygen atoms in total. The fourth-order valence-corrected chi connectivity index (χ4v) is 2.04. The summed E-state index contributed by atoms with van der Waals surface area (Å²) in [6, 6.07) is -0.351. The maximum Gasteiger partial charge on any atom is 0.247 e. The van der Waals surface area contributed by atoms with Gasteiger partial charge in [0.05, 0.1) is 0 Å². The van der Waals surface area contributed by atoms with Crippen LogP contribution in [0.5, 0.6) is 0 Å². The van der Waals surface area contributed by atoms with Crippen LogP contribution in [0.2, 0.25) is 0 Å². The Kier molecular flexibility index (Phi) is 3.59. The minimum Gasteiger partial charge on any atom is -0.339 e. The van der Waals surface area contributed by atoms with Crippen molar-refractivity contribution in [2.45, 2.75) is 19.9 Å². The monoisotopic (exact) mass is 251 g/mol. The van der Waals surface area contributed by atoms with Gasteiger partial charge in [0.2, 0.25) is 11.8 Å². The predicted molar refractivity (Wildman–Crippen MR) is 63.6 cm³/mol. The van der Waals surface area contributed by atoms with Crippen molar-refractivity contribution in [1.29, 1.82) is 0 Å². The molecule has 0 aliphatic carbocycles. The highest BCUT2D eigenvalue weighted by Crippen LogP contribution is 2.10. The minimum absolute atomic E-state index is 0.0173. The van der Waals surface area contributed by atoms with E-state index < -0.39 is 0 Å². The molecule has 1 aromatic rings. The molecule has 2 heterocycles. The lowest BCUT2D eigenvalue weighted by atomic mass is 10.2. The van der Waals surface area contributed by atoms with Crippen LogP contribution in [0.1, 0.15) is 19.9 Å². The summed E-state index contributed by atoms with van der Waals surface area (Å²) in [6.45, 7) is 5.72. The first-order valence-electron chi connectivity index (χ1n) is 5.98. The van der Waals surface area contributed by atoms with Gasteiger partial charge in [-0.05, 0) is 6.92 Å². The first kappa shape index (κ1) is 12.5. The molecule has 2 rings (SSSR count). The molecule has 0 bridgehead atoms. The molecule has 1 saturated heterocycles. The van der Waals surface area contributed by atoms with Crippen molar-refractivity contribution in [3.8, 4) is 0 Å². The second-order valence-electron chi connectivity index (χ2n) is 4.38. The van der Waals surface area contributed by atoms with Crippen molar-refractivity contribution in [2.75, 3.05) is 26.2 Å². The van der Waals surface area contributed by atoms with Crippen LogP contribution >= 0.6 is 0 Å². The third kappa shape index (κ3) is 2.49. The summed E-state index contributed by atoms with van der Waals surface area (Å²) in [5.74, 6) is 0.0788. The second-order valence-corrected chi connectivity index (χ2v) is 4.38. The first-order chi connectivity index (χ1) is 8.59. The molecular formula is C11H17N5O2. The van der Waals surface area contributed by atoms with Crippen molar-refractivity contribution in [1.82, 2.24) is 24.6 Å². The molecule has 1 aliphatic rings. The molecular weight excluding hydrogens is 234 g/mol. The van der Waals surface area contributed by atoms with Crippen molar-refractivity contribution >= 4 is 11.8 Å². The van der Waals surface area contributed by atoms with Crippen LogP contribution < -0.4 is 0 Å². The molecule has 2 amide bonds. The molecule has 0 spiro atoms. The van der Waals surface area contributed by atoms with Gasteiger partial charge in [-0.25, -0.2) is 9.67 Å². The van der Waals surface area contributed by atoms with Crippen molar-refractivity contribution in [3.05, 3.63) is 12.7 Å². The van der Waals surface area contributed by atoms with E-state index in [1.807, 2.05) is 0 Å². The van der Waals surface area contributed by atoms with Gasteiger partial charge in [-0.1, -0.05) is 0 Å². The fourth-order valence-electron chi connectivity index (χ4n) is 2.04. The minimum atomic E-state index is -0.351. The largest absolute Gasteiger partial charge is 0.339 e. The number of hydrogen-bond acceptors (Lipinski definition) is 4. The second kappa shape index (κ2) is 5.16. The van der Waals surface area contributed by atoms with Gasteiger partial charge in [0.25, 0.3) is 0 Å². The van der Waals surface area contributed by atoms with Crippen LogP contribution in [0.4, 0.5) is 0 Å². The number of aromatic nitrogens is 3. The zero-order valence-electron chi connectivity index (χ0n) is 10.6. The highest BCUT2D eigenvalue weighted by Gasteiger charge is 2.26. The number of hydrogen-bond donors (Lipinski definition) is 0. The van der Waals surface area contributed by atoms with Gasteiger partial charge < -0.3 is 9.80 Å². The number of nitrogens with zero attached hydrogens (tertiary/aromatic N) is 5. The molecule has 1 aliphatic heterocycles. The van der Waals surface area contributed by atoms with E-state index in [9.17, 15) is 9.59 Å². The highest BCUT2D eigenvalue weighted by molar-refractivity contribution is 5.80. The Hall–Kier alpha value is -1.92. The van der Waals surface area contributed by atoms with Gasteiger partial charge in [0, 0.05) is 33.1 Å². The Morgan fingerprint density at radius 1 is 1.17 bits per heavy atom. The maximum atomic E-state index is 12.2. The van der Waals surface area contributed by atoms with E-state index in [0.717, 1.165) is 0 Å². The van der Waals surface area contributed by atoms with Crippen LogP contribution in [0.3, 0.4) is 0 Å². The van der Waals surface area contributed by atoms with Crippen molar-refractivity contribution < 1.29 is 9.59 Å². The summed E-state index contributed by atoms with van der Waals surface area (Å²) in [6.07, 6.45) is 2.95. The first-order valence-corrected chi connectivity index (χ1v) is 5.98.